The molecule has 1 heterocycles. The molecule has 2 rings (SSSR count). The van der Waals surface area contributed by atoms with Crippen LogP contribution in [-0.2, 0) is 11.6 Å². The van der Waals surface area contributed by atoms with Crippen molar-refractivity contribution in [3.8, 4) is 0 Å². The first-order chi connectivity index (χ1) is 6.48. The Morgan fingerprint density at radius 3 is 2.43 bits per heavy atom. The molecule has 0 radical (unpaired) electrons. The van der Waals surface area contributed by atoms with E-state index in [9.17, 15) is 13.2 Å². The van der Waals surface area contributed by atoms with Crippen molar-refractivity contribution in [2.24, 2.45) is 5.73 Å². The Kier molecular flexibility index (Phi) is 1.82. The summed E-state index contributed by atoms with van der Waals surface area (Å²) in [6, 6.07) is 0. The summed E-state index contributed by atoms with van der Waals surface area (Å²) in [5, 5.41) is 2.88. The number of nitrogens with two attached hydrogens (primary N) is 1. The summed E-state index contributed by atoms with van der Waals surface area (Å²) in [6.45, 7) is 0.243. The van der Waals surface area contributed by atoms with Gasteiger partial charge < -0.3 is 10.3 Å². The van der Waals surface area contributed by atoms with E-state index in [0.717, 1.165) is 0 Å². The highest BCUT2D eigenvalue weighted by Gasteiger charge is 2.50. The highest BCUT2D eigenvalue weighted by molar-refractivity contribution is 5.16. The molecule has 0 aliphatic heterocycles. The van der Waals surface area contributed by atoms with E-state index in [0.29, 0.717) is 12.8 Å². The molecule has 0 unspecified atom stereocenters. The van der Waals surface area contributed by atoms with Gasteiger partial charge in [-0.2, -0.15) is 18.2 Å². The minimum absolute atomic E-state index is 0.00678. The normalized spacial score (nSPS) is 19.7. The Labute approximate surface area is 77.3 Å². The summed E-state index contributed by atoms with van der Waals surface area (Å²) in [5.41, 5.74) is 4.92. The van der Waals surface area contributed by atoms with Crippen molar-refractivity contribution in [3.05, 3.63) is 11.7 Å². The zero-order valence-corrected chi connectivity index (χ0v) is 7.14. The lowest BCUT2D eigenvalue weighted by Gasteiger charge is -2.03. The van der Waals surface area contributed by atoms with E-state index in [2.05, 4.69) is 14.7 Å². The van der Waals surface area contributed by atoms with Crippen molar-refractivity contribution < 1.29 is 17.7 Å². The standard InChI is InChI=1S/C7H8F3N3O/c8-7(9,10)4-12-5(14-13-4)6(3-11)1-2-6/h1-3,11H2. The lowest BCUT2D eigenvalue weighted by Crippen LogP contribution is -2.20. The van der Waals surface area contributed by atoms with Gasteiger partial charge in [0.05, 0.1) is 5.41 Å². The number of hydrogen-bond acceptors (Lipinski definition) is 4. The van der Waals surface area contributed by atoms with Crippen molar-refractivity contribution in [2.75, 3.05) is 6.54 Å². The van der Waals surface area contributed by atoms with E-state index in [1.165, 1.54) is 0 Å². The molecule has 1 aromatic heterocycles. The van der Waals surface area contributed by atoms with Gasteiger partial charge in [-0.25, -0.2) is 0 Å². The van der Waals surface area contributed by atoms with Gasteiger partial charge in [-0.15, -0.1) is 0 Å². The van der Waals surface area contributed by atoms with Crippen molar-refractivity contribution >= 4 is 0 Å². The van der Waals surface area contributed by atoms with Crippen molar-refractivity contribution in [1.29, 1.82) is 0 Å². The van der Waals surface area contributed by atoms with Crippen LogP contribution in [0.25, 0.3) is 0 Å². The Morgan fingerprint density at radius 2 is 2.07 bits per heavy atom. The molecule has 0 spiro atoms. The second kappa shape index (κ2) is 2.69. The maximum Gasteiger partial charge on any atom is 0.455 e. The van der Waals surface area contributed by atoms with Crippen LogP contribution in [0.15, 0.2) is 4.52 Å². The lowest BCUT2D eigenvalue weighted by atomic mass is 10.1. The van der Waals surface area contributed by atoms with E-state index in [1.807, 2.05) is 0 Å². The summed E-state index contributed by atoms with van der Waals surface area (Å²) in [6.07, 6.45) is -3.13. The van der Waals surface area contributed by atoms with Crippen LogP contribution in [0.3, 0.4) is 0 Å². The molecule has 1 aromatic rings. The molecule has 1 fully saturated rings. The Balaban J connectivity index is 2.27. The molecular weight excluding hydrogens is 199 g/mol. The molecular formula is C7H8F3N3O. The fourth-order valence-corrected chi connectivity index (χ4v) is 1.21. The Morgan fingerprint density at radius 1 is 1.43 bits per heavy atom. The minimum atomic E-state index is -4.55. The smallest absolute Gasteiger partial charge is 0.338 e. The first-order valence-electron chi connectivity index (χ1n) is 4.09. The monoisotopic (exact) mass is 207 g/mol. The van der Waals surface area contributed by atoms with Gasteiger partial charge in [0.25, 0.3) is 5.82 Å². The number of aromatic nitrogens is 2. The number of alkyl halides is 3. The van der Waals surface area contributed by atoms with Crippen molar-refractivity contribution in [1.82, 2.24) is 10.1 Å². The predicted molar refractivity (Wildman–Crippen MR) is 39.3 cm³/mol. The van der Waals surface area contributed by atoms with Gasteiger partial charge in [0.1, 0.15) is 0 Å². The summed E-state index contributed by atoms with van der Waals surface area (Å²) < 4.78 is 40.8. The number of nitrogens with zero attached hydrogens (tertiary/aromatic N) is 2. The van der Waals surface area contributed by atoms with Crippen LogP contribution in [0.5, 0.6) is 0 Å². The van der Waals surface area contributed by atoms with Gasteiger partial charge in [-0.1, -0.05) is 5.16 Å². The van der Waals surface area contributed by atoms with E-state index in [4.69, 9.17) is 5.73 Å². The molecule has 1 saturated carbocycles. The fraction of sp³-hybridized carbons (Fsp3) is 0.714. The summed E-state index contributed by atoms with van der Waals surface area (Å²) in [4.78, 5) is 3.30. The van der Waals surface area contributed by atoms with Crippen LogP contribution in [0.4, 0.5) is 13.2 Å². The predicted octanol–water partition coefficient (Wildman–Crippen LogP) is 1.08. The van der Waals surface area contributed by atoms with Crippen molar-refractivity contribution in [2.45, 2.75) is 24.4 Å². The lowest BCUT2D eigenvalue weighted by molar-refractivity contribution is -0.146. The van der Waals surface area contributed by atoms with E-state index < -0.39 is 17.4 Å². The van der Waals surface area contributed by atoms with Crippen LogP contribution in [0.1, 0.15) is 24.6 Å². The van der Waals surface area contributed by atoms with Gasteiger partial charge in [0, 0.05) is 6.54 Å². The third-order valence-corrected chi connectivity index (χ3v) is 2.38. The first kappa shape index (κ1) is 9.45. The quantitative estimate of drug-likeness (QED) is 0.788. The summed E-state index contributed by atoms with van der Waals surface area (Å²) >= 11 is 0. The molecule has 2 N–H and O–H groups in total. The second-order valence-electron chi connectivity index (χ2n) is 3.41. The van der Waals surface area contributed by atoms with Crippen LogP contribution in [0.2, 0.25) is 0 Å². The fourth-order valence-electron chi connectivity index (χ4n) is 1.21. The van der Waals surface area contributed by atoms with Crippen LogP contribution in [0, 0.1) is 0 Å². The molecule has 0 amide bonds. The minimum Gasteiger partial charge on any atom is -0.338 e. The zero-order valence-electron chi connectivity index (χ0n) is 7.14. The highest BCUT2D eigenvalue weighted by atomic mass is 19.4. The summed E-state index contributed by atoms with van der Waals surface area (Å²) in [7, 11) is 0. The topological polar surface area (TPSA) is 64.9 Å². The average molecular weight is 207 g/mol. The molecule has 14 heavy (non-hydrogen) atoms. The van der Waals surface area contributed by atoms with Crippen LogP contribution < -0.4 is 5.73 Å². The Bertz CT molecular complexity index is 342. The number of halogens is 3. The van der Waals surface area contributed by atoms with Crippen LogP contribution in [-0.4, -0.2) is 16.7 Å². The van der Waals surface area contributed by atoms with Gasteiger partial charge in [-0.3, -0.25) is 0 Å². The molecule has 0 aromatic carbocycles. The van der Waals surface area contributed by atoms with Gasteiger partial charge in [0.2, 0.25) is 5.89 Å². The third kappa shape index (κ3) is 1.37. The first-order valence-corrected chi connectivity index (χ1v) is 4.09. The van der Waals surface area contributed by atoms with Crippen molar-refractivity contribution in [3.63, 3.8) is 0 Å². The average Bonchev–Trinajstić information content (AvgIpc) is 2.73. The number of hydrogen-bond donors (Lipinski definition) is 1. The van der Waals surface area contributed by atoms with Crippen LogP contribution >= 0.6 is 0 Å². The zero-order chi connectivity index (χ0) is 10.4. The highest BCUT2D eigenvalue weighted by Crippen LogP contribution is 2.46. The third-order valence-electron chi connectivity index (χ3n) is 2.38. The molecule has 1 aliphatic carbocycles. The maximum absolute atomic E-state index is 12.1. The van der Waals surface area contributed by atoms with Gasteiger partial charge in [-0.05, 0) is 12.8 Å². The second-order valence-corrected chi connectivity index (χ2v) is 3.41. The summed E-state index contributed by atoms with van der Waals surface area (Å²) in [5.74, 6) is -1.22. The van der Waals surface area contributed by atoms with E-state index >= 15 is 0 Å². The molecule has 0 atom stereocenters. The Hall–Kier alpha value is -1.11. The molecule has 0 bridgehead atoms. The molecule has 1 aliphatic rings. The molecule has 7 heteroatoms. The molecule has 4 nitrogen and oxygen atoms in total. The molecule has 0 saturated heterocycles. The van der Waals surface area contributed by atoms with E-state index in [1.54, 1.807) is 0 Å². The van der Waals surface area contributed by atoms with Gasteiger partial charge >= 0.3 is 6.18 Å². The van der Waals surface area contributed by atoms with Gasteiger partial charge in [0.15, 0.2) is 0 Å². The number of rotatable bonds is 2. The molecule has 78 valence electrons. The van der Waals surface area contributed by atoms with E-state index in [-0.39, 0.29) is 12.4 Å². The largest absolute Gasteiger partial charge is 0.455 e. The maximum atomic E-state index is 12.1. The SMILES string of the molecule is NCC1(c2nc(C(F)(F)F)no2)CC1.